The molecule has 0 unspecified atom stereocenters. The number of aromatic nitrogens is 2. The predicted octanol–water partition coefficient (Wildman–Crippen LogP) is 3.78. The number of hydrogen-bond acceptors (Lipinski definition) is 5. The fraction of sp³-hybridized carbons (Fsp3) is 0.133. The van der Waals surface area contributed by atoms with E-state index in [1.165, 1.54) is 23.7 Å². The molecule has 6 heteroatoms. The normalized spacial score (nSPS) is 10.8. The Morgan fingerprint density at radius 2 is 1.90 bits per heavy atom. The lowest BCUT2D eigenvalue weighted by atomic mass is 10.2. The Labute approximate surface area is 124 Å². The van der Waals surface area contributed by atoms with Gasteiger partial charge in [0.25, 0.3) is 0 Å². The van der Waals surface area contributed by atoms with Crippen molar-refractivity contribution in [3.8, 4) is 22.0 Å². The van der Waals surface area contributed by atoms with Crippen molar-refractivity contribution in [1.82, 2.24) is 9.97 Å². The van der Waals surface area contributed by atoms with E-state index in [4.69, 9.17) is 9.52 Å². The van der Waals surface area contributed by atoms with Gasteiger partial charge in [0.05, 0.1) is 5.56 Å². The molecule has 0 atom stereocenters. The van der Waals surface area contributed by atoms with Crippen LogP contribution < -0.4 is 0 Å². The number of hydrogen-bond donors (Lipinski definition) is 1. The summed E-state index contributed by atoms with van der Waals surface area (Å²) >= 11 is 1.49. The molecule has 0 aromatic carbocycles. The number of nitrogens with zero attached hydrogens (tertiary/aromatic N) is 2. The minimum absolute atomic E-state index is 0.121. The van der Waals surface area contributed by atoms with Crippen LogP contribution in [0, 0.1) is 13.8 Å². The summed E-state index contributed by atoms with van der Waals surface area (Å²) in [5.41, 5.74) is 3.63. The Balaban J connectivity index is 1.97. The van der Waals surface area contributed by atoms with Gasteiger partial charge in [-0.05, 0) is 26.0 Å². The Kier molecular flexibility index (Phi) is 3.31. The number of thiazole rings is 1. The summed E-state index contributed by atoms with van der Waals surface area (Å²) in [6, 6.07) is 5.42. The predicted molar refractivity (Wildman–Crippen MR) is 79.5 cm³/mol. The van der Waals surface area contributed by atoms with E-state index in [-0.39, 0.29) is 5.56 Å². The third-order valence-electron chi connectivity index (χ3n) is 2.93. The number of carboxylic acid groups (broad SMARTS) is 1. The van der Waals surface area contributed by atoms with Crippen LogP contribution in [0.3, 0.4) is 0 Å². The van der Waals surface area contributed by atoms with Crippen LogP contribution in [0.5, 0.6) is 0 Å². The second-order valence-electron chi connectivity index (χ2n) is 4.68. The highest BCUT2D eigenvalue weighted by Gasteiger charge is 2.13. The molecule has 0 spiro atoms. The molecular weight excluding hydrogens is 288 g/mol. The van der Waals surface area contributed by atoms with E-state index in [1.807, 2.05) is 31.4 Å². The maximum Gasteiger partial charge on any atom is 0.338 e. The van der Waals surface area contributed by atoms with Gasteiger partial charge in [0.2, 0.25) is 0 Å². The zero-order valence-electron chi connectivity index (χ0n) is 11.5. The number of aryl methyl sites for hydroxylation is 2. The molecule has 0 aliphatic rings. The van der Waals surface area contributed by atoms with Crippen molar-refractivity contribution in [3.63, 3.8) is 0 Å². The first kappa shape index (κ1) is 13.5. The second-order valence-corrected chi connectivity index (χ2v) is 5.54. The highest BCUT2D eigenvalue weighted by molar-refractivity contribution is 7.13. The van der Waals surface area contributed by atoms with Crippen molar-refractivity contribution >= 4 is 17.3 Å². The minimum Gasteiger partial charge on any atom is -0.478 e. The second kappa shape index (κ2) is 5.14. The van der Waals surface area contributed by atoms with E-state index in [9.17, 15) is 4.79 Å². The quantitative estimate of drug-likeness (QED) is 0.796. The van der Waals surface area contributed by atoms with Gasteiger partial charge in [0.15, 0.2) is 5.76 Å². The number of carboxylic acids is 1. The molecule has 0 radical (unpaired) electrons. The first-order chi connectivity index (χ1) is 10.0. The van der Waals surface area contributed by atoms with Crippen molar-refractivity contribution in [2.24, 2.45) is 0 Å². The van der Waals surface area contributed by atoms with E-state index in [0.717, 1.165) is 22.0 Å². The van der Waals surface area contributed by atoms with E-state index < -0.39 is 5.97 Å². The Morgan fingerprint density at radius 3 is 2.52 bits per heavy atom. The molecule has 1 N–H and O–H groups in total. The average Bonchev–Trinajstić information content (AvgIpc) is 3.07. The molecular formula is C15H12N2O3S. The van der Waals surface area contributed by atoms with Gasteiger partial charge in [-0.3, -0.25) is 4.98 Å². The topological polar surface area (TPSA) is 76.2 Å². The van der Waals surface area contributed by atoms with Crippen LogP contribution in [-0.4, -0.2) is 21.0 Å². The van der Waals surface area contributed by atoms with Crippen molar-refractivity contribution in [2.75, 3.05) is 0 Å². The molecule has 0 fully saturated rings. The molecule has 5 nitrogen and oxygen atoms in total. The molecule has 0 saturated heterocycles. The average molecular weight is 300 g/mol. The van der Waals surface area contributed by atoms with Gasteiger partial charge in [0, 0.05) is 28.4 Å². The Bertz CT molecular complexity index is 800. The lowest BCUT2D eigenvalue weighted by molar-refractivity contribution is 0.0696. The molecule has 3 rings (SSSR count). The van der Waals surface area contributed by atoms with E-state index >= 15 is 0 Å². The van der Waals surface area contributed by atoms with Crippen LogP contribution in [0.1, 0.15) is 21.7 Å². The van der Waals surface area contributed by atoms with Crippen LogP contribution >= 0.6 is 11.3 Å². The fourth-order valence-corrected chi connectivity index (χ4v) is 2.86. The lowest BCUT2D eigenvalue weighted by Gasteiger charge is -2.00. The standard InChI is InChI=1S/C15H12N2O3S/c1-8-3-10(4-9(2)16-8)14-17-12(7-21-14)13-5-11(6-20-13)15(18)19/h3-7H,1-2H3,(H,18,19). The highest BCUT2D eigenvalue weighted by atomic mass is 32.1. The van der Waals surface area contributed by atoms with Gasteiger partial charge >= 0.3 is 5.97 Å². The summed E-state index contributed by atoms with van der Waals surface area (Å²) in [4.78, 5) is 19.7. The van der Waals surface area contributed by atoms with E-state index in [0.29, 0.717) is 11.5 Å². The first-order valence-electron chi connectivity index (χ1n) is 6.26. The maximum absolute atomic E-state index is 10.9. The molecule has 0 aliphatic heterocycles. The summed E-state index contributed by atoms with van der Waals surface area (Å²) < 4.78 is 5.26. The Morgan fingerprint density at radius 1 is 1.19 bits per heavy atom. The van der Waals surface area contributed by atoms with Crippen LogP contribution in [0.4, 0.5) is 0 Å². The van der Waals surface area contributed by atoms with Gasteiger partial charge < -0.3 is 9.52 Å². The Hall–Kier alpha value is -2.47. The molecule has 106 valence electrons. The number of pyridine rings is 1. The molecule has 0 aliphatic carbocycles. The molecule has 0 bridgehead atoms. The number of aromatic carboxylic acids is 1. The molecule has 0 amide bonds. The molecule has 0 saturated carbocycles. The van der Waals surface area contributed by atoms with Crippen molar-refractivity contribution in [3.05, 3.63) is 46.8 Å². The van der Waals surface area contributed by atoms with Gasteiger partial charge in [-0.1, -0.05) is 0 Å². The number of rotatable bonds is 3. The third-order valence-corrected chi connectivity index (χ3v) is 3.82. The maximum atomic E-state index is 10.9. The molecule has 21 heavy (non-hydrogen) atoms. The zero-order chi connectivity index (χ0) is 15.0. The van der Waals surface area contributed by atoms with Crippen molar-refractivity contribution < 1.29 is 14.3 Å². The van der Waals surface area contributed by atoms with Gasteiger partial charge in [-0.2, -0.15) is 0 Å². The van der Waals surface area contributed by atoms with Gasteiger partial charge in [-0.25, -0.2) is 9.78 Å². The van der Waals surface area contributed by atoms with E-state index in [1.54, 1.807) is 0 Å². The third kappa shape index (κ3) is 2.71. The number of carbonyl (C=O) groups is 1. The first-order valence-corrected chi connectivity index (χ1v) is 7.14. The van der Waals surface area contributed by atoms with Crippen LogP contribution in [0.25, 0.3) is 22.0 Å². The minimum atomic E-state index is -1.01. The van der Waals surface area contributed by atoms with Crippen molar-refractivity contribution in [2.45, 2.75) is 13.8 Å². The lowest BCUT2D eigenvalue weighted by Crippen LogP contribution is -1.91. The molecule has 3 aromatic rings. The zero-order valence-corrected chi connectivity index (χ0v) is 12.3. The summed E-state index contributed by atoms with van der Waals surface area (Å²) in [5, 5.41) is 11.6. The fourth-order valence-electron chi connectivity index (χ4n) is 2.06. The van der Waals surface area contributed by atoms with Crippen LogP contribution in [0.2, 0.25) is 0 Å². The largest absolute Gasteiger partial charge is 0.478 e. The summed E-state index contributed by atoms with van der Waals surface area (Å²) in [7, 11) is 0. The highest BCUT2D eigenvalue weighted by Crippen LogP contribution is 2.30. The summed E-state index contributed by atoms with van der Waals surface area (Å²) in [6.07, 6.45) is 1.22. The van der Waals surface area contributed by atoms with Crippen LogP contribution in [-0.2, 0) is 0 Å². The van der Waals surface area contributed by atoms with Gasteiger partial charge in [-0.15, -0.1) is 11.3 Å². The molecule has 3 aromatic heterocycles. The number of furan rings is 1. The van der Waals surface area contributed by atoms with E-state index in [2.05, 4.69) is 9.97 Å². The summed E-state index contributed by atoms with van der Waals surface area (Å²) in [5.74, 6) is -0.557. The monoisotopic (exact) mass is 300 g/mol. The van der Waals surface area contributed by atoms with Crippen LogP contribution in [0.15, 0.2) is 34.3 Å². The summed E-state index contributed by atoms with van der Waals surface area (Å²) in [6.45, 7) is 3.88. The smallest absolute Gasteiger partial charge is 0.338 e. The van der Waals surface area contributed by atoms with Gasteiger partial charge in [0.1, 0.15) is 17.0 Å². The molecule has 3 heterocycles. The van der Waals surface area contributed by atoms with Crippen molar-refractivity contribution in [1.29, 1.82) is 0 Å². The SMILES string of the molecule is Cc1cc(-c2nc(-c3cc(C(=O)O)co3)cs2)cc(C)n1.